The van der Waals surface area contributed by atoms with Crippen LogP contribution in [0.1, 0.15) is 19.4 Å². The van der Waals surface area contributed by atoms with Gasteiger partial charge < -0.3 is 14.2 Å². The van der Waals surface area contributed by atoms with Crippen LogP contribution in [0.2, 0.25) is 10.0 Å². The predicted molar refractivity (Wildman–Crippen MR) is 110 cm³/mol. The molecule has 0 saturated heterocycles. The highest BCUT2D eigenvalue weighted by Crippen LogP contribution is 2.34. The highest BCUT2D eigenvalue weighted by Gasteiger charge is 2.20. The lowest BCUT2D eigenvalue weighted by Crippen LogP contribution is -2.19. The molecule has 0 bridgehead atoms. The van der Waals surface area contributed by atoms with Gasteiger partial charge in [-0.05, 0) is 43.7 Å². The average Bonchev–Trinajstić information content (AvgIpc) is 2.64. The van der Waals surface area contributed by atoms with Crippen molar-refractivity contribution in [1.29, 1.82) is 0 Å². The fraction of sp³-hybridized carbons (Fsp3) is 0.278. The van der Waals surface area contributed by atoms with Gasteiger partial charge in [0.15, 0.2) is 5.75 Å². The Hall–Kier alpha value is -2.16. The van der Waals surface area contributed by atoms with E-state index in [1.54, 1.807) is 18.2 Å². The zero-order chi connectivity index (χ0) is 20.9. The highest BCUT2D eigenvalue weighted by molar-refractivity contribution is 7.89. The van der Waals surface area contributed by atoms with Crippen LogP contribution >= 0.6 is 23.2 Å². The first-order chi connectivity index (χ1) is 13.2. The third kappa shape index (κ3) is 5.43. The Bertz CT molecular complexity index is 955. The maximum Gasteiger partial charge on any atom is 0.280 e. The Labute approximate surface area is 174 Å². The molecule has 0 heterocycles. The van der Waals surface area contributed by atoms with Gasteiger partial charge in [-0.15, -0.1) is 0 Å². The molecular formula is C18H20Cl2N2O5S. The fourth-order valence-corrected chi connectivity index (χ4v) is 3.79. The molecule has 7 nitrogen and oxygen atoms in total. The third-order valence-electron chi connectivity index (χ3n) is 3.42. The topological polar surface area (TPSA) is 86.2 Å². The molecule has 0 unspecified atom stereocenters. The number of hydrogen-bond donors (Lipinski definition) is 1. The van der Waals surface area contributed by atoms with Gasteiger partial charge >= 0.3 is 0 Å². The summed E-state index contributed by atoms with van der Waals surface area (Å²) in [6, 6.07) is 7.54. The molecule has 0 atom stereocenters. The van der Waals surface area contributed by atoms with Crippen LogP contribution in [0.25, 0.3) is 0 Å². The number of hydrogen-bond acceptors (Lipinski definition) is 6. The van der Waals surface area contributed by atoms with E-state index < -0.39 is 10.0 Å². The Balaban J connectivity index is 2.25. The molecule has 10 heteroatoms. The maximum atomic E-state index is 12.5. The van der Waals surface area contributed by atoms with Crippen LogP contribution < -0.4 is 19.0 Å². The summed E-state index contributed by atoms with van der Waals surface area (Å²) in [5.41, 5.74) is 0.492. The number of methoxy groups -OCH3 is 2. The van der Waals surface area contributed by atoms with Gasteiger partial charge in [0.1, 0.15) is 16.4 Å². The van der Waals surface area contributed by atoms with Crippen LogP contribution in [-0.2, 0) is 10.0 Å². The van der Waals surface area contributed by atoms with E-state index in [4.69, 9.17) is 37.4 Å². The molecule has 0 fully saturated rings. The van der Waals surface area contributed by atoms with E-state index in [0.29, 0.717) is 27.1 Å². The molecule has 2 aromatic carbocycles. The van der Waals surface area contributed by atoms with Gasteiger partial charge in [0, 0.05) is 6.07 Å². The molecule has 2 rings (SSSR count). The summed E-state index contributed by atoms with van der Waals surface area (Å²) in [6.45, 7) is 3.70. The Morgan fingerprint density at radius 3 is 2.25 bits per heavy atom. The van der Waals surface area contributed by atoms with Crippen molar-refractivity contribution in [2.24, 2.45) is 5.10 Å². The number of hydrazone groups is 1. The lowest BCUT2D eigenvalue weighted by Gasteiger charge is -2.13. The molecule has 1 N–H and O–H groups in total. The van der Waals surface area contributed by atoms with Gasteiger partial charge in [0.2, 0.25) is 0 Å². The van der Waals surface area contributed by atoms with Crippen LogP contribution in [0.4, 0.5) is 0 Å². The van der Waals surface area contributed by atoms with Crippen molar-refractivity contribution in [2.75, 3.05) is 14.2 Å². The minimum absolute atomic E-state index is 0.0980. The standard InChI is InChI=1S/C18H20Cl2N2O5S/c1-11(2)27-18-14(19)7-12(8-15(18)20)10-21-22-28(23,24)17-9-13(25-3)5-6-16(17)26-4/h5-11,22H,1-4H3/b21-10+. The molecule has 0 saturated carbocycles. The fourth-order valence-electron chi connectivity index (χ4n) is 2.22. The van der Waals surface area contributed by atoms with Crippen LogP contribution in [0, 0.1) is 0 Å². The van der Waals surface area contributed by atoms with E-state index in [2.05, 4.69) is 9.93 Å². The first-order valence-electron chi connectivity index (χ1n) is 8.10. The van der Waals surface area contributed by atoms with Gasteiger partial charge in [0.25, 0.3) is 10.0 Å². The van der Waals surface area contributed by atoms with Crippen LogP contribution in [-0.4, -0.2) is 35.0 Å². The van der Waals surface area contributed by atoms with Gasteiger partial charge in [0.05, 0.1) is 36.6 Å². The summed E-state index contributed by atoms with van der Waals surface area (Å²) >= 11 is 12.4. The minimum Gasteiger partial charge on any atom is -0.497 e. The summed E-state index contributed by atoms with van der Waals surface area (Å²) in [6.07, 6.45) is 1.18. The van der Waals surface area contributed by atoms with E-state index in [-0.39, 0.29) is 16.7 Å². The molecule has 0 aliphatic heterocycles. The number of nitrogens with one attached hydrogen (secondary N) is 1. The van der Waals surface area contributed by atoms with E-state index in [9.17, 15) is 8.42 Å². The summed E-state index contributed by atoms with van der Waals surface area (Å²) in [5, 5.41) is 4.36. The van der Waals surface area contributed by atoms with Crippen molar-refractivity contribution in [2.45, 2.75) is 24.8 Å². The van der Waals surface area contributed by atoms with Crippen molar-refractivity contribution in [3.8, 4) is 17.2 Å². The average molecular weight is 447 g/mol. The minimum atomic E-state index is -3.99. The Morgan fingerprint density at radius 1 is 1.07 bits per heavy atom. The number of benzene rings is 2. The Kier molecular flexibility index (Phi) is 7.40. The lowest BCUT2D eigenvalue weighted by molar-refractivity contribution is 0.243. The molecule has 28 heavy (non-hydrogen) atoms. The van der Waals surface area contributed by atoms with Crippen LogP contribution in [0.3, 0.4) is 0 Å². The lowest BCUT2D eigenvalue weighted by atomic mass is 10.2. The van der Waals surface area contributed by atoms with E-state index in [1.807, 2.05) is 13.8 Å². The van der Waals surface area contributed by atoms with E-state index in [0.717, 1.165) is 0 Å². The predicted octanol–water partition coefficient (Wildman–Crippen LogP) is 4.11. The summed E-state index contributed by atoms with van der Waals surface area (Å²) in [5.74, 6) is 0.881. The second-order valence-corrected chi connectivity index (χ2v) is 8.29. The first kappa shape index (κ1) is 22.1. The zero-order valence-electron chi connectivity index (χ0n) is 15.7. The van der Waals surface area contributed by atoms with Gasteiger partial charge in [-0.3, -0.25) is 0 Å². The quantitative estimate of drug-likeness (QED) is 0.486. The van der Waals surface area contributed by atoms with Crippen LogP contribution in [0.5, 0.6) is 17.2 Å². The van der Waals surface area contributed by atoms with Gasteiger partial charge in [-0.1, -0.05) is 23.2 Å². The molecule has 0 aliphatic carbocycles. The van der Waals surface area contributed by atoms with E-state index >= 15 is 0 Å². The molecule has 0 spiro atoms. The number of nitrogens with zero attached hydrogens (tertiary/aromatic N) is 1. The molecule has 0 aromatic heterocycles. The SMILES string of the molecule is COc1ccc(OC)c(S(=O)(=O)N/N=C/c2cc(Cl)c(OC(C)C)c(Cl)c2)c1. The Morgan fingerprint density at radius 2 is 1.71 bits per heavy atom. The molecular weight excluding hydrogens is 427 g/mol. The number of ether oxygens (including phenoxy) is 3. The van der Waals surface area contributed by atoms with Crippen molar-refractivity contribution < 1.29 is 22.6 Å². The zero-order valence-corrected chi connectivity index (χ0v) is 18.0. The largest absolute Gasteiger partial charge is 0.497 e. The molecule has 2 aromatic rings. The van der Waals surface area contributed by atoms with Crippen LogP contribution in [0.15, 0.2) is 40.3 Å². The normalized spacial score (nSPS) is 11.7. The second-order valence-electron chi connectivity index (χ2n) is 5.85. The summed E-state index contributed by atoms with van der Waals surface area (Å²) in [4.78, 5) is 2.02. The monoisotopic (exact) mass is 446 g/mol. The van der Waals surface area contributed by atoms with Crippen molar-refractivity contribution in [1.82, 2.24) is 4.83 Å². The third-order valence-corrected chi connectivity index (χ3v) is 5.23. The number of rotatable bonds is 8. The summed E-state index contributed by atoms with van der Waals surface area (Å²) < 4.78 is 40.8. The van der Waals surface area contributed by atoms with Crippen molar-refractivity contribution in [3.05, 3.63) is 45.9 Å². The molecule has 152 valence electrons. The van der Waals surface area contributed by atoms with E-state index in [1.165, 1.54) is 32.6 Å². The molecule has 0 amide bonds. The van der Waals surface area contributed by atoms with Gasteiger partial charge in [-0.2, -0.15) is 18.4 Å². The first-order valence-corrected chi connectivity index (χ1v) is 10.3. The van der Waals surface area contributed by atoms with Crippen molar-refractivity contribution >= 4 is 39.4 Å². The van der Waals surface area contributed by atoms with Crippen molar-refractivity contribution in [3.63, 3.8) is 0 Å². The summed E-state index contributed by atoms with van der Waals surface area (Å²) in [7, 11) is -1.19. The van der Waals surface area contributed by atoms with Gasteiger partial charge in [-0.25, -0.2) is 0 Å². The number of sulfonamides is 1. The highest BCUT2D eigenvalue weighted by atomic mass is 35.5. The smallest absolute Gasteiger partial charge is 0.280 e. The second kappa shape index (κ2) is 9.36. The molecule has 0 radical (unpaired) electrons. The number of halogens is 2. The maximum absolute atomic E-state index is 12.5. The molecule has 0 aliphatic rings.